The van der Waals surface area contributed by atoms with E-state index in [9.17, 15) is 5.11 Å². The maximum absolute atomic E-state index is 9.74. The summed E-state index contributed by atoms with van der Waals surface area (Å²) < 4.78 is 1.99. The molecule has 0 unspecified atom stereocenters. The van der Waals surface area contributed by atoms with E-state index in [0.29, 0.717) is 6.54 Å². The fourth-order valence-corrected chi connectivity index (χ4v) is 3.39. The van der Waals surface area contributed by atoms with Crippen LogP contribution in [0.15, 0.2) is 35.3 Å². The van der Waals surface area contributed by atoms with Crippen molar-refractivity contribution in [2.24, 2.45) is 4.99 Å². The average Bonchev–Trinajstić information content (AvgIpc) is 2.98. The summed E-state index contributed by atoms with van der Waals surface area (Å²) in [6.45, 7) is 9.27. The predicted molar refractivity (Wildman–Crippen MR) is 120 cm³/mol. The van der Waals surface area contributed by atoms with Crippen molar-refractivity contribution in [2.75, 3.05) is 19.6 Å². The Hall–Kier alpha value is -1.61. The molecular formula is C20H30IN5O. The molecule has 2 N–H and O–H groups in total. The second kappa shape index (κ2) is 10.1. The standard InChI is InChI=1S/C20H29N5O.HI/c1-4-21-20(24-11-9-18(26)10-12-24)22-14-17-7-5-6-8-19(17)25-16(3)13-15(2)23-25;/h5-8,13,18,26H,4,9-12,14H2,1-3H3,(H,21,22);1H. The zero-order chi connectivity index (χ0) is 18.5. The molecule has 0 amide bonds. The number of aryl methyl sites for hydroxylation is 2. The van der Waals surface area contributed by atoms with Gasteiger partial charge in [0, 0.05) is 25.3 Å². The third-order valence-electron chi connectivity index (χ3n) is 4.73. The molecule has 0 saturated carbocycles. The Morgan fingerprint density at radius 1 is 1.26 bits per heavy atom. The normalized spacial score (nSPS) is 15.6. The van der Waals surface area contributed by atoms with Crippen molar-refractivity contribution in [3.05, 3.63) is 47.3 Å². The van der Waals surface area contributed by atoms with Crippen molar-refractivity contribution in [3.8, 4) is 5.69 Å². The molecule has 2 heterocycles. The van der Waals surface area contributed by atoms with E-state index in [0.717, 1.165) is 61.1 Å². The molecule has 0 bridgehead atoms. The minimum absolute atomic E-state index is 0. The molecule has 1 aromatic heterocycles. The number of hydrogen-bond donors (Lipinski definition) is 2. The number of aliphatic imine (C=N–C) groups is 1. The quantitative estimate of drug-likeness (QED) is 0.399. The molecule has 1 aromatic carbocycles. The molecule has 1 aliphatic rings. The summed E-state index contributed by atoms with van der Waals surface area (Å²) in [5.74, 6) is 0.919. The van der Waals surface area contributed by atoms with Crippen LogP contribution >= 0.6 is 24.0 Å². The number of rotatable bonds is 4. The van der Waals surface area contributed by atoms with Crippen LogP contribution in [0.4, 0.5) is 0 Å². The molecule has 1 fully saturated rings. The van der Waals surface area contributed by atoms with Crippen molar-refractivity contribution >= 4 is 29.9 Å². The lowest BCUT2D eigenvalue weighted by Crippen LogP contribution is -2.46. The van der Waals surface area contributed by atoms with Gasteiger partial charge >= 0.3 is 0 Å². The highest BCUT2D eigenvalue weighted by molar-refractivity contribution is 14.0. The number of likely N-dealkylation sites (tertiary alicyclic amines) is 1. The highest BCUT2D eigenvalue weighted by Crippen LogP contribution is 2.18. The first-order chi connectivity index (χ1) is 12.6. The van der Waals surface area contributed by atoms with Crippen molar-refractivity contribution < 1.29 is 5.11 Å². The third kappa shape index (κ3) is 5.44. The number of piperidine rings is 1. The maximum atomic E-state index is 9.74. The Kier molecular flexibility index (Phi) is 8.09. The first-order valence-electron chi connectivity index (χ1n) is 9.41. The molecule has 7 heteroatoms. The van der Waals surface area contributed by atoms with Gasteiger partial charge in [0.1, 0.15) is 0 Å². The topological polar surface area (TPSA) is 65.7 Å². The molecule has 0 aliphatic carbocycles. The first kappa shape index (κ1) is 21.7. The van der Waals surface area contributed by atoms with Gasteiger partial charge in [-0.2, -0.15) is 5.10 Å². The van der Waals surface area contributed by atoms with E-state index in [1.165, 1.54) is 0 Å². The van der Waals surface area contributed by atoms with Crippen LogP contribution in [-0.4, -0.2) is 51.5 Å². The summed E-state index contributed by atoms with van der Waals surface area (Å²) in [6, 6.07) is 10.4. The number of hydrogen-bond acceptors (Lipinski definition) is 3. The van der Waals surface area contributed by atoms with Gasteiger partial charge < -0.3 is 15.3 Å². The third-order valence-corrected chi connectivity index (χ3v) is 4.73. The van der Waals surface area contributed by atoms with Crippen LogP contribution in [0.25, 0.3) is 5.69 Å². The summed E-state index contributed by atoms with van der Waals surface area (Å²) in [5.41, 5.74) is 4.36. The summed E-state index contributed by atoms with van der Waals surface area (Å²) >= 11 is 0. The molecule has 1 aliphatic heterocycles. The highest BCUT2D eigenvalue weighted by atomic mass is 127. The van der Waals surface area contributed by atoms with Gasteiger partial charge in [-0.15, -0.1) is 24.0 Å². The van der Waals surface area contributed by atoms with E-state index < -0.39 is 0 Å². The van der Waals surface area contributed by atoms with Crippen LogP contribution in [-0.2, 0) is 6.54 Å². The first-order valence-corrected chi connectivity index (χ1v) is 9.41. The van der Waals surface area contributed by atoms with Gasteiger partial charge in [-0.25, -0.2) is 9.67 Å². The predicted octanol–water partition coefficient (Wildman–Crippen LogP) is 3.03. The number of halogens is 1. The fourth-order valence-electron chi connectivity index (χ4n) is 3.39. The Bertz CT molecular complexity index is 765. The molecule has 0 atom stereocenters. The van der Waals surface area contributed by atoms with Crippen molar-refractivity contribution in [1.82, 2.24) is 20.0 Å². The van der Waals surface area contributed by atoms with E-state index in [2.05, 4.69) is 47.4 Å². The molecule has 1 saturated heterocycles. The number of aliphatic hydroxyl groups is 1. The fraction of sp³-hybridized carbons (Fsp3) is 0.500. The average molecular weight is 483 g/mol. The number of aromatic nitrogens is 2. The lowest BCUT2D eigenvalue weighted by atomic mass is 10.1. The second-order valence-corrected chi connectivity index (χ2v) is 6.86. The second-order valence-electron chi connectivity index (χ2n) is 6.86. The van der Waals surface area contributed by atoms with Crippen LogP contribution < -0.4 is 5.32 Å². The number of para-hydroxylation sites is 1. The molecule has 0 radical (unpaired) electrons. The van der Waals surface area contributed by atoms with Gasteiger partial charge in [-0.05, 0) is 51.3 Å². The van der Waals surface area contributed by atoms with Crippen molar-refractivity contribution in [2.45, 2.75) is 46.3 Å². The van der Waals surface area contributed by atoms with Gasteiger partial charge in [-0.3, -0.25) is 0 Å². The minimum atomic E-state index is -0.180. The lowest BCUT2D eigenvalue weighted by molar-refractivity contribution is 0.108. The Morgan fingerprint density at radius 3 is 2.59 bits per heavy atom. The lowest BCUT2D eigenvalue weighted by Gasteiger charge is -2.32. The molecule has 148 valence electrons. The van der Waals surface area contributed by atoms with E-state index in [4.69, 9.17) is 4.99 Å². The zero-order valence-corrected chi connectivity index (χ0v) is 18.7. The molecule has 2 aromatic rings. The minimum Gasteiger partial charge on any atom is -0.393 e. The van der Waals surface area contributed by atoms with Crippen LogP contribution in [0.3, 0.4) is 0 Å². The Balaban J connectivity index is 0.00000261. The maximum Gasteiger partial charge on any atom is 0.194 e. The zero-order valence-electron chi connectivity index (χ0n) is 16.4. The largest absolute Gasteiger partial charge is 0.393 e. The van der Waals surface area contributed by atoms with Gasteiger partial charge in [0.15, 0.2) is 5.96 Å². The number of nitrogens with zero attached hydrogens (tertiary/aromatic N) is 4. The van der Waals surface area contributed by atoms with Gasteiger partial charge in [-0.1, -0.05) is 18.2 Å². The van der Waals surface area contributed by atoms with E-state index in [1.54, 1.807) is 0 Å². The molecule has 0 spiro atoms. The van der Waals surface area contributed by atoms with Crippen LogP contribution in [0, 0.1) is 13.8 Å². The molecule has 3 rings (SSSR count). The van der Waals surface area contributed by atoms with Gasteiger partial charge in [0.05, 0.1) is 24.0 Å². The van der Waals surface area contributed by atoms with Crippen molar-refractivity contribution in [1.29, 1.82) is 0 Å². The number of nitrogens with one attached hydrogen (secondary N) is 1. The van der Waals surface area contributed by atoms with Crippen molar-refractivity contribution in [3.63, 3.8) is 0 Å². The SMILES string of the molecule is CCNC(=NCc1ccccc1-n1nc(C)cc1C)N1CCC(O)CC1.I. The molecule has 27 heavy (non-hydrogen) atoms. The summed E-state index contributed by atoms with van der Waals surface area (Å²) in [4.78, 5) is 7.10. The van der Waals surface area contributed by atoms with E-state index in [-0.39, 0.29) is 30.1 Å². The van der Waals surface area contributed by atoms with Crippen LogP contribution in [0.5, 0.6) is 0 Å². The highest BCUT2D eigenvalue weighted by Gasteiger charge is 2.19. The van der Waals surface area contributed by atoms with Gasteiger partial charge in [0.2, 0.25) is 0 Å². The summed E-state index contributed by atoms with van der Waals surface area (Å²) in [6.07, 6.45) is 1.42. The van der Waals surface area contributed by atoms with Crippen LogP contribution in [0.2, 0.25) is 0 Å². The monoisotopic (exact) mass is 483 g/mol. The number of guanidine groups is 1. The number of aliphatic hydroxyl groups excluding tert-OH is 1. The van der Waals surface area contributed by atoms with Crippen LogP contribution in [0.1, 0.15) is 36.7 Å². The summed E-state index contributed by atoms with van der Waals surface area (Å²) in [7, 11) is 0. The van der Waals surface area contributed by atoms with E-state index >= 15 is 0 Å². The van der Waals surface area contributed by atoms with Gasteiger partial charge in [0.25, 0.3) is 0 Å². The number of benzene rings is 1. The molecule has 6 nitrogen and oxygen atoms in total. The smallest absolute Gasteiger partial charge is 0.194 e. The Morgan fingerprint density at radius 2 is 1.96 bits per heavy atom. The molecular weight excluding hydrogens is 453 g/mol. The summed E-state index contributed by atoms with van der Waals surface area (Å²) in [5, 5.41) is 17.7. The Labute approximate surface area is 178 Å². The van der Waals surface area contributed by atoms with E-state index in [1.807, 2.05) is 23.7 Å².